The SMILES string of the molecule is COc1ccc(Nc2ncnc3cc(N)ccc23)cc1Cl. The minimum absolute atomic E-state index is 0.533. The van der Waals surface area contributed by atoms with Crippen molar-refractivity contribution < 1.29 is 4.74 Å². The summed E-state index contributed by atoms with van der Waals surface area (Å²) < 4.78 is 5.13. The van der Waals surface area contributed by atoms with Gasteiger partial charge in [-0.15, -0.1) is 0 Å². The van der Waals surface area contributed by atoms with E-state index in [9.17, 15) is 0 Å². The number of nitrogens with one attached hydrogen (secondary N) is 1. The van der Waals surface area contributed by atoms with Crippen LogP contribution in [0.1, 0.15) is 0 Å². The Morgan fingerprint density at radius 3 is 2.76 bits per heavy atom. The number of ether oxygens (including phenoxy) is 1. The Labute approximate surface area is 126 Å². The highest BCUT2D eigenvalue weighted by atomic mass is 35.5. The fourth-order valence-corrected chi connectivity index (χ4v) is 2.31. The van der Waals surface area contributed by atoms with E-state index in [-0.39, 0.29) is 0 Å². The van der Waals surface area contributed by atoms with Crippen LogP contribution < -0.4 is 15.8 Å². The van der Waals surface area contributed by atoms with E-state index in [1.807, 2.05) is 24.3 Å². The number of aromatic nitrogens is 2. The molecule has 0 saturated heterocycles. The third-order valence-electron chi connectivity index (χ3n) is 3.08. The second-order valence-electron chi connectivity index (χ2n) is 4.47. The second-order valence-corrected chi connectivity index (χ2v) is 4.88. The van der Waals surface area contributed by atoms with Crippen molar-refractivity contribution >= 4 is 39.7 Å². The summed E-state index contributed by atoms with van der Waals surface area (Å²) in [5.41, 5.74) is 8.03. The van der Waals surface area contributed by atoms with Gasteiger partial charge in [0.2, 0.25) is 0 Å². The van der Waals surface area contributed by atoms with Crippen molar-refractivity contribution in [1.82, 2.24) is 9.97 Å². The van der Waals surface area contributed by atoms with Gasteiger partial charge in [0.1, 0.15) is 17.9 Å². The third kappa shape index (κ3) is 2.68. The standard InChI is InChI=1S/C15H13ClN4O/c1-21-14-5-3-10(7-12(14)16)20-15-11-4-2-9(17)6-13(11)18-8-19-15/h2-8H,17H2,1H3,(H,18,19,20). The number of methoxy groups -OCH3 is 1. The van der Waals surface area contributed by atoms with Gasteiger partial charge in [-0.25, -0.2) is 9.97 Å². The summed E-state index contributed by atoms with van der Waals surface area (Å²) in [7, 11) is 1.58. The Hall–Kier alpha value is -2.53. The topological polar surface area (TPSA) is 73.1 Å². The lowest BCUT2D eigenvalue weighted by molar-refractivity contribution is 0.415. The van der Waals surface area contributed by atoms with Gasteiger partial charge in [-0.3, -0.25) is 0 Å². The van der Waals surface area contributed by atoms with Crippen LogP contribution in [0.15, 0.2) is 42.7 Å². The van der Waals surface area contributed by atoms with Gasteiger partial charge >= 0.3 is 0 Å². The zero-order chi connectivity index (χ0) is 14.8. The molecule has 21 heavy (non-hydrogen) atoms. The Morgan fingerprint density at radius 2 is 2.00 bits per heavy atom. The summed E-state index contributed by atoms with van der Waals surface area (Å²) in [6.45, 7) is 0. The quantitative estimate of drug-likeness (QED) is 0.723. The minimum Gasteiger partial charge on any atom is -0.495 e. The number of rotatable bonds is 3. The van der Waals surface area contributed by atoms with Crippen molar-refractivity contribution in [2.45, 2.75) is 0 Å². The molecule has 0 fully saturated rings. The number of nitrogens with zero attached hydrogens (tertiary/aromatic N) is 2. The predicted octanol–water partition coefficient (Wildman–Crippen LogP) is 3.62. The van der Waals surface area contributed by atoms with Crippen molar-refractivity contribution in [2.24, 2.45) is 0 Å². The fraction of sp³-hybridized carbons (Fsp3) is 0.0667. The molecule has 6 heteroatoms. The lowest BCUT2D eigenvalue weighted by Gasteiger charge is -2.10. The van der Waals surface area contributed by atoms with Gasteiger partial charge in [-0.2, -0.15) is 0 Å². The molecule has 0 bridgehead atoms. The number of anilines is 3. The van der Waals surface area contributed by atoms with Gasteiger partial charge in [-0.1, -0.05) is 11.6 Å². The molecule has 1 aromatic heterocycles. The summed E-state index contributed by atoms with van der Waals surface area (Å²) in [4.78, 5) is 8.48. The van der Waals surface area contributed by atoms with E-state index in [0.29, 0.717) is 22.3 Å². The molecular weight excluding hydrogens is 288 g/mol. The monoisotopic (exact) mass is 300 g/mol. The summed E-state index contributed by atoms with van der Waals surface area (Å²) in [6, 6.07) is 11.0. The van der Waals surface area contributed by atoms with E-state index in [2.05, 4.69) is 15.3 Å². The maximum absolute atomic E-state index is 6.12. The van der Waals surface area contributed by atoms with Gasteiger partial charge in [0.15, 0.2) is 0 Å². The summed E-state index contributed by atoms with van der Waals surface area (Å²) in [5, 5.41) is 4.65. The Morgan fingerprint density at radius 1 is 1.14 bits per heavy atom. The first-order valence-corrected chi connectivity index (χ1v) is 6.66. The maximum atomic E-state index is 6.12. The van der Waals surface area contributed by atoms with E-state index in [0.717, 1.165) is 16.6 Å². The number of nitrogen functional groups attached to an aromatic ring is 1. The molecule has 0 unspecified atom stereocenters. The highest BCUT2D eigenvalue weighted by molar-refractivity contribution is 6.32. The molecule has 0 aliphatic carbocycles. The van der Waals surface area contributed by atoms with Crippen molar-refractivity contribution in [2.75, 3.05) is 18.2 Å². The molecule has 1 heterocycles. The third-order valence-corrected chi connectivity index (χ3v) is 3.37. The zero-order valence-corrected chi connectivity index (χ0v) is 12.1. The largest absolute Gasteiger partial charge is 0.495 e. The van der Waals surface area contributed by atoms with E-state index < -0.39 is 0 Å². The van der Waals surface area contributed by atoms with Crippen molar-refractivity contribution in [3.8, 4) is 5.75 Å². The van der Waals surface area contributed by atoms with Crippen molar-refractivity contribution in [3.63, 3.8) is 0 Å². The second kappa shape index (κ2) is 5.46. The normalized spacial score (nSPS) is 10.6. The highest BCUT2D eigenvalue weighted by Crippen LogP contribution is 2.30. The van der Waals surface area contributed by atoms with E-state index in [1.54, 1.807) is 19.2 Å². The minimum atomic E-state index is 0.533. The molecule has 3 rings (SSSR count). The number of benzene rings is 2. The highest BCUT2D eigenvalue weighted by Gasteiger charge is 2.06. The van der Waals surface area contributed by atoms with Gasteiger partial charge in [0.05, 0.1) is 17.6 Å². The van der Waals surface area contributed by atoms with E-state index in [4.69, 9.17) is 22.1 Å². The summed E-state index contributed by atoms with van der Waals surface area (Å²) in [5.74, 6) is 1.32. The van der Waals surface area contributed by atoms with Crippen molar-refractivity contribution in [1.29, 1.82) is 0 Å². The van der Waals surface area contributed by atoms with Crippen LogP contribution >= 0.6 is 11.6 Å². The average Bonchev–Trinajstić information content (AvgIpc) is 2.47. The Balaban J connectivity index is 2.00. The van der Waals surface area contributed by atoms with Crippen LogP contribution in [0, 0.1) is 0 Å². The molecule has 3 aromatic rings. The Kier molecular flexibility index (Phi) is 3.50. The molecule has 0 radical (unpaired) electrons. The molecule has 2 aromatic carbocycles. The van der Waals surface area contributed by atoms with E-state index in [1.165, 1.54) is 6.33 Å². The number of halogens is 1. The van der Waals surface area contributed by atoms with Gasteiger partial charge in [-0.05, 0) is 36.4 Å². The molecule has 0 saturated carbocycles. The zero-order valence-electron chi connectivity index (χ0n) is 11.3. The molecular formula is C15H13ClN4O. The van der Waals surface area contributed by atoms with Crippen LogP contribution in [0.5, 0.6) is 5.75 Å². The average molecular weight is 301 g/mol. The van der Waals surface area contributed by atoms with Crippen LogP contribution in [-0.2, 0) is 0 Å². The molecule has 3 N–H and O–H groups in total. The fourth-order valence-electron chi connectivity index (χ4n) is 2.05. The first kappa shape index (κ1) is 13.5. The number of hydrogen-bond donors (Lipinski definition) is 2. The first-order valence-electron chi connectivity index (χ1n) is 6.28. The van der Waals surface area contributed by atoms with Crippen LogP contribution in [0.2, 0.25) is 5.02 Å². The maximum Gasteiger partial charge on any atom is 0.141 e. The van der Waals surface area contributed by atoms with Gasteiger partial charge in [0.25, 0.3) is 0 Å². The van der Waals surface area contributed by atoms with Gasteiger partial charge < -0.3 is 15.8 Å². The first-order chi connectivity index (χ1) is 10.2. The van der Waals surface area contributed by atoms with Crippen LogP contribution in [0.4, 0.5) is 17.2 Å². The summed E-state index contributed by atoms with van der Waals surface area (Å²) >= 11 is 6.12. The molecule has 0 aliphatic rings. The number of fused-ring (bicyclic) bond motifs is 1. The van der Waals surface area contributed by atoms with Crippen molar-refractivity contribution in [3.05, 3.63) is 47.7 Å². The molecule has 0 amide bonds. The van der Waals surface area contributed by atoms with Crippen LogP contribution in [0.25, 0.3) is 10.9 Å². The predicted molar refractivity (Wildman–Crippen MR) is 85.2 cm³/mol. The van der Waals surface area contributed by atoms with E-state index >= 15 is 0 Å². The lowest BCUT2D eigenvalue weighted by Crippen LogP contribution is -1.97. The number of nitrogens with two attached hydrogens (primary N) is 1. The van der Waals surface area contributed by atoms with Crippen LogP contribution in [-0.4, -0.2) is 17.1 Å². The molecule has 0 aliphatic heterocycles. The summed E-state index contributed by atoms with van der Waals surface area (Å²) in [6.07, 6.45) is 1.50. The molecule has 106 valence electrons. The molecule has 0 atom stereocenters. The molecule has 0 spiro atoms. The number of hydrogen-bond acceptors (Lipinski definition) is 5. The lowest BCUT2D eigenvalue weighted by atomic mass is 10.2. The van der Waals surface area contributed by atoms with Gasteiger partial charge in [0, 0.05) is 16.8 Å². The molecule has 5 nitrogen and oxygen atoms in total. The Bertz CT molecular complexity index is 807. The van der Waals surface area contributed by atoms with Crippen LogP contribution in [0.3, 0.4) is 0 Å². The smallest absolute Gasteiger partial charge is 0.141 e.